The van der Waals surface area contributed by atoms with E-state index in [9.17, 15) is 4.79 Å². The van der Waals surface area contributed by atoms with Crippen LogP contribution < -0.4 is 15.8 Å². The number of benzene rings is 1. The van der Waals surface area contributed by atoms with Crippen LogP contribution in [0.3, 0.4) is 0 Å². The largest absolute Gasteiger partial charge is 0.493 e. The van der Waals surface area contributed by atoms with Crippen LogP contribution in [0.1, 0.15) is 26.7 Å². The molecule has 18 heavy (non-hydrogen) atoms. The summed E-state index contributed by atoms with van der Waals surface area (Å²) >= 11 is 0. The normalized spacial score (nSPS) is 10.4. The van der Waals surface area contributed by atoms with Crippen molar-refractivity contribution in [2.24, 2.45) is 5.92 Å². The van der Waals surface area contributed by atoms with E-state index in [1.165, 1.54) is 0 Å². The van der Waals surface area contributed by atoms with Crippen LogP contribution in [0.2, 0.25) is 0 Å². The van der Waals surface area contributed by atoms with Crippen LogP contribution in [-0.4, -0.2) is 19.1 Å². The van der Waals surface area contributed by atoms with Gasteiger partial charge in [0.05, 0.1) is 13.0 Å². The summed E-state index contributed by atoms with van der Waals surface area (Å²) in [5.74, 6) is 1.33. The van der Waals surface area contributed by atoms with Crippen molar-refractivity contribution in [2.45, 2.75) is 26.7 Å². The average Bonchev–Trinajstić information content (AvgIpc) is 2.28. The molecular weight excluding hydrogens is 228 g/mol. The first-order valence-electron chi connectivity index (χ1n) is 6.33. The number of carbonyl (C=O) groups excluding carboxylic acids is 1. The van der Waals surface area contributed by atoms with Crippen LogP contribution in [0.5, 0.6) is 5.75 Å². The lowest BCUT2D eigenvalue weighted by Gasteiger charge is -2.08. The molecule has 0 aliphatic rings. The molecule has 1 aromatic rings. The van der Waals surface area contributed by atoms with Crippen molar-refractivity contribution < 1.29 is 9.53 Å². The molecule has 0 atom stereocenters. The Labute approximate surface area is 109 Å². The number of rotatable bonds is 7. The minimum Gasteiger partial charge on any atom is -0.493 e. The molecule has 0 radical (unpaired) electrons. The van der Waals surface area contributed by atoms with Crippen molar-refractivity contribution in [3.05, 3.63) is 24.3 Å². The van der Waals surface area contributed by atoms with E-state index in [4.69, 9.17) is 10.5 Å². The summed E-state index contributed by atoms with van der Waals surface area (Å²) < 4.78 is 5.44. The predicted molar refractivity (Wildman–Crippen MR) is 73.4 cm³/mol. The zero-order chi connectivity index (χ0) is 13.4. The van der Waals surface area contributed by atoms with Gasteiger partial charge in [-0.25, -0.2) is 0 Å². The molecule has 0 aliphatic carbocycles. The van der Waals surface area contributed by atoms with Gasteiger partial charge in [-0.05, 0) is 24.5 Å². The van der Waals surface area contributed by atoms with E-state index in [0.29, 0.717) is 30.4 Å². The maximum Gasteiger partial charge on any atom is 0.223 e. The zero-order valence-electron chi connectivity index (χ0n) is 11.1. The highest BCUT2D eigenvalue weighted by atomic mass is 16.5. The van der Waals surface area contributed by atoms with Crippen LogP contribution in [0, 0.1) is 5.92 Å². The van der Waals surface area contributed by atoms with Gasteiger partial charge in [-0.2, -0.15) is 0 Å². The molecule has 0 saturated heterocycles. The highest BCUT2D eigenvalue weighted by Gasteiger charge is 2.02. The molecule has 100 valence electrons. The number of ether oxygens (including phenoxy) is 1. The molecule has 0 bridgehead atoms. The van der Waals surface area contributed by atoms with Crippen LogP contribution in [0.25, 0.3) is 0 Å². The van der Waals surface area contributed by atoms with E-state index in [2.05, 4.69) is 19.2 Å². The van der Waals surface area contributed by atoms with Gasteiger partial charge in [0.25, 0.3) is 0 Å². The van der Waals surface area contributed by atoms with E-state index in [1.807, 2.05) is 12.1 Å². The number of hydrogen-bond donors (Lipinski definition) is 2. The van der Waals surface area contributed by atoms with E-state index >= 15 is 0 Å². The molecule has 0 heterocycles. The standard InChI is InChI=1S/C14H22N2O2/c1-11(2)6-8-16-14(17)7-9-18-13-5-3-4-12(15)10-13/h3-5,10-11H,6-9,15H2,1-2H3,(H,16,17). The molecule has 4 nitrogen and oxygen atoms in total. The molecule has 0 aliphatic heterocycles. The molecule has 1 amide bonds. The van der Waals surface area contributed by atoms with Gasteiger partial charge in [-0.3, -0.25) is 4.79 Å². The van der Waals surface area contributed by atoms with Crippen molar-refractivity contribution in [1.29, 1.82) is 0 Å². The lowest BCUT2D eigenvalue weighted by atomic mass is 10.1. The van der Waals surface area contributed by atoms with Crippen LogP contribution >= 0.6 is 0 Å². The Morgan fingerprint density at radius 2 is 2.22 bits per heavy atom. The maximum atomic E-state index is 11.5. The lowest BCUT2D eigenvalue weighted by Crippen LogP contribution is -2.26. The van der Waals surface area contributed by atoms with E-state index in [1.54, 1.807) is 12.1 Å². The van der Waals surface area contributed by atoms with Crippen LogP contribution in [0.15, 0.2) is 24.3 Å². The van der Waals surface area contributed by atoms with E-state index in [0.717, 1.165) is 13.0 Å². The zero-order valence-corrected chi connectivity index (χ0v) is 11.1. The number of nitrogen functional groups attached to an aromatic ring is 1. The van der Waals surface area contributed by atoms with Crippen molar-refractivity contribution in [3.63, 3.8) is 0 Å². The van der Waals surface area contributed by atoms with Gasteiger partial charge in [0, 0.05) is 18.3 Å². The number of carbonyl (C=O) groups is 1. The van der Waals surface area contributed by atoms with Gasteiger partial charge in [-0.1, -0.05) is 19.9 Å². The third-order valence-corrected chi connectivity index (χ3v) is 2.50. The van der Waals surface area contributed by atoms with Crippen molar-refractivity contribution in [1.82, 2.24) is 5.32 Å². The first-order chi connectivity index (χ1) is 8.58. The quantitative estimate of drug-likeness (QED) is 0.729. The van der Waals surface area contributed by atoms with Crippen molar-refractivity contribution >= 4 is 11.6 Å². The summed E-state index contributed by atoms with van der Waals surface area (Å²) in [6.07, 6.45) is 1.37. The van der Waals surface area contributed by atoms with Crippen LogP contribution in [0.4, 0.5) is 5.69 Å². The van der Waals surface area contributed by atoms with Gasteiger partial charge in [0.1, 0.15) is 5.75 Å². The fourth-order valence-corrected chi connectivity index (χ4v) is 1.45. The molecule has 3 N–H and O–H groups in total. The maximum absolute atomic E-state index is 11.5. The summed E-state index contributed by atoms with van der Waals surface area (Å²) in [4.78, 5) is 11.5. The van der Waals surface area contributed by atoms with Crippen LogP contribution in [-0.2, 0) is 4.79 Å². The summed E-state index contributed by atoms with van der Waals surface area (Å²) in [5.41, 5.74) is 6.29. The molecule has 0 spiro atoms. The Bertz CT molecular complexity index is 378. The van der Waals surface area contributed by atoms with Gasteiger partial charge >= 0.3 is 0 Å². The van der Waals surface area contributed by atoms with Gasteiger partial charge < -0.3 is 15.8 Å². The Kier molecular flexibility index (Phi) is 6.05. The van der Waals surface area contributed by atoms with Gasteiger partial charge in [-0.15, -0.1) is 0 Å². The number of nitrogens with one attached hydrogen (secondary N) is 1. The second-order valence-corrected chi connectivity index (χ2v) is 4.70. The monoisotopic (exact) mass is 250 g/mol. The Balaban J connectivity index is 2.15. The fraction of sp³-hybridized carbons (Fsp3) is 0.500. The molecule has 0 unspecified atom stereocenters. The molecule has 0 aromatic heterocycles. The Morgan fingerprint density at radius 3 is 2.89 bits per heavy atom. The SMILES string of the molecule is CC(C)CCNC(=O)CCOc1cccc(N)c1. The highest BCUT2D eigenvalue weighted by molar-refractivity contribution is 5.75. The Hall–Kier alpha value is -1.71. The third kappa shape index (κ3) is 6.13. The average molecular weight is 250 g/mol. The lowest BCUT2D eigenvalue weighted by molar-refractivity contribution is -0.121. The number of nitrogens with two attached hydrogens (primary N) is 1. The van der Waals surface area contributed by atoms with Gasteiger partial charge in [0.2, 0.25) is 5.91 Å². The van der Waals surface area contributed by atoms with E-state index < -0.39 is 0 Å². The predicted octanol–water partition coefficient (Wildman–Crippen LogP) is 2.20. The van der Waals surface area contributed by atoms with E-state index in [-0.39, 0.29) is 5.91 Å². The summed E-state index contributed by atoms with van der Waals surface area (Å²) in [7, 11) is 0. The number of amides is 1. The highest BCUT2D eigenvalue weighted by Crippen LogP contribution is 2.14. The summed E-state index contributed by atoms with van der Waals surface area (Å²) in [6, 6.07) is 7.20. The number of hydrogen-bond acceptors (Lipinski definition) is 3. The third-order valence-electron chi connectivity index (χ3n) is 2.50. The topological polar surface area (TPSA) is 64.3 Å². The number of anilines is 1. The second-order valence-electron chi connectivity index (χ2n) is 4.70. The first-order valence-corrected chi connectivity index (χ1v) is 6.33. The summed E-state index contributed by atoms with van der Waals surface area (Å²) in [5, 5.41) is 2.87. The Morgan fingerprint density at radius 1 is 1.44 bits per heavy atom. The molecular formula is C14H22N2O2. The van der Waals surface area contributed by atoms with Crippen molar-refractivity contribution in [3.8, 4) is 5.75 Å². The van der Waals surface area contributed by atoms with Gasteiger partial charge in [0.15, 0.2) is 0 Å². The molecule has 1 aromatic carbocycles. The molecule has 0 fully saturated rings. The smallest absolute Gasteiger partial charge is 0.223 e. The molecule has 4 heteroatoms. The fourth-order valence-electron chi connectivity index (χ4n) is 1.45. The second kappa shape index (κ2) is 7.58. The minimum atomic E-state index is 0.0274. The summed E-state index contributed by atoms with van der Waals surface area (Å²) in [6.45, 7) is 5.37. The minimum absolute atomic E-state index is 0.0274. The molecule has 0 saturated carbocycles. The first kappa shape index (κ1) is 14.4. The van der Waals surface area contributed by atoms with Crippen molar-refractivity contribution in [2.75, 3.05) is 18.9 Å². The molecule has 1 rings (SSSR count).